The van der Waals surface area contributed by atoms with Crippen molar-refractivity contribution < 1.29 is 4.74 Å². The van der Waals surface area contributed by atoms with E-state index in [1.807, 2.05) is 12.1 Å². The molecule has 5 heteroatoms. The minimum Gasteiger partial charge on any atom is -0.481 e. The first-order valence-corrected chi connectivity index (χ1v) is 4.68. The number of nitrogens with zero attached hydrogens (tertiary/aromatic N) is 4. The molecule has 2 aromatic rings. The summed E-state index contributed by atoms with van der Waals surface area (Å²) in [7, 11) is 1.64. The van der Waals surface area contributed by atoms with Crippen molar-refractivity contribution >= 4 is 0 Å². The van der Waals surface area contributed by atoms with Crippen LogP contribution >= 0.6 is 0 Å². The van der Waals surface area contributed by atoms with Gasteiger partial charge in [0.1, 0.15) is 0 Å². The molecule has 0 spiro atoms. The van der Waals surface area contributed by atoms with Crippen molar-refractivity contribution in [1.82, 2.24) is 19.4 Å². The van der Waals surface area contributed by atoms with Crippen LogP contribution < -0.4 is 4.74 Å². The Morgan fingerprint density at radius 3 is 2.57 bits per heavy atom. The highest BCUT2D eigenvalue weighted by molar-refractivity contribution is 5.35. The minimum absolute atomic E-state index is 0.666. The summed E-state index contributed by atoms with van der Waals surface area (Å²) in [6, 6.07) is 3.91. The molecule has 0 atom stereocenters. The first kappa shape index (κ1) is 7.73. The molecule has 0 aromatic carbocycles. The van der Waals surface area contributed by atoms with Crippen LogP contribution in [0.25, 0.3) is 5.82 Å². The van der Waals surface area contributed by atoms with Gasteiger partial charge in [0.05, 0.1) is 20.2 Å². The van der Waals surface area contributed by atoms with Crippen LogP contribution in [0.15, 0.2) is 12.1 Å². The fraction of sp³-hybridized carbons (Fsp3) is 0.444. The number of fused-ring (bicyclic) bond motifs is 1. The lowest BCUT2D eigenvalue weighted by atomic mass is 10.3. The zero-order valence-corrected chi connectivity index (χ0v) is 8.27. The third-order valence-electron chi connectivity index (χ3n) is 2.62. The van der Waals surface area contributed by atoms with Crippen LogP contribution in [-0.2, 0) is 13.1 Å². The maximum atomic E-state index is 5.10. The Labute approximate surface area is 81.4 Å². The monoisotopic (exact) mass is 192 g/mol. The van der Waals surface area contributed by atoms with E-state index < -0.39 is 0 Å². The van der Waals surface area contributed by atoms with Crippen LogP contribution in [0.5, 0.6) is 5.88 Å². The number of aryl methyl sites for hydroxylation is 1. The average molecular weight is 192 g/mol. The van der Waals surface area contributed by atoms with E-state index in [9.17, 15) is 0 Å². The highest BCUT2D eigenvalue weighted by atomic mass is 16.5. The smallest absolute Gasteiger partial charge is 0.215 e. The van der Waals surface area contributed by atoms with Crippen LogP contribution in [0.1, 0.15) is 5.56 Å². The molecule has 3 heterocycles. The summed E-state index contributed by atoms with van der Waals surface area (Å²) in [4.78, 5) is 10.8. The highest BCUT2D eigenvalue weighted by Gasteiger charge is 2.28. The fourth-order valence-corrected chi connectivity index (χ4v) is 1.69. The normalized spacial score (nSPS) is 13.9. The van der Waals surface area contributed by atoms with Gasteiger partial charge in [-0.15, -0.1) is 4.80 Å². The van der Waals surface area contributed by atoms with Gasteiger partial charge in [-0.25, -0.2) is 0 Å². The second kappa shape index (κ2) is 2.43. The molecule has 0 bridgehead atoms. The number of rotatable bonds is 2. The molecule has 0 fully saturated rings. The molecule has 14 heavy (non-hydrogen) atoms. The second-order valence-electron chi connectivity index (χ2n) is 3.48. The zero-order valence-electron chi connectivity index (χ0n) is 8.27. The van der Waals surface area contributed by atoms with Gasteiger partial charge in [0, 0.05) is 6.07 Å². The average Bonchev–Trinajstić information content (AvgIpc) is 2.68. The molecule has 1 aliphatic rings. The molecule has 0 radical (unpaired) electrons. The predicted octanol–water partition coefficient (Wildman–Crippen LogP) is 0.806. The molecule has 0 aliphatic carbocycles. The van der Waals surface area contributed by atoms with Gasteiger partial charge in [-0.05, 0) is 12.5 Å². The Balaban J connectivity index is 2.08. The number of hydrogen-bond acceptors (Lipinski definition) is 2. The van der Waals surface area contributed by atoms with Crippen LogP contribution in [0, 0.1) is 6.92 Å². The Bertz CT molecular complexity index is 460. The third kappa shape index (κ3) is 0.865. The van der Waals surface area contributed by atoms with Crippen molar-refractivity contribution in [2.75, 3.05) is 7.11 Å². The molecule has 74 valence electrons. The molecule has 2 aromatic heterocycles. The maximum absolute atomic E-state index is 5.10. The van der Waals surface area contributed by atoms with Gasteiger partial charge >= 0.3 is 0 Å². The van der Waals surface area contributed by atoms with Gasteiger partial charge < -0.3 is 4.74 Å². The predicted molar refractivity (Wildman–Crippen MR) is 50.8 cm³/mol. The topological polar surface area (TPSA) is 36.9 Å². The number of aromatic nitrogens is 4. The van der Waals surface area contributed by atoms with E-state index >= 15 is 0 Å². The van der Waals surface area contributed by atoms with Crippen LogP contribution in [0.2, 0.25) is 0 Å². The quantitative estimate of drug-likeness (QED) is 0.706. The highest BCUT2D eigenvalue weighted by Crippen LogP contribution is 2.22. The Morgan fingerprint density at radius 1 is 1.29 bits per heavy atom. The molecule has 5 nitrogen and oxygen atoms in total. The standard InChI is InChI=1S/C9H12N4O/c1-7-3-4-8(14-2)10-9(7)13-11-5-6-12(11)13/h3-4H,5-6H2,1-2H3. The zero-order chi connectivity index (χ0) is 9.71. The van der Waals surface area contributed by atoms with Gasteiger partial charge in [0.15, 0.2) is 5.82 Å². The Morgan fingerprint density at radius 2 is 2.00 bits per heavy atom. The SMILES string of the molecule is COc1ccc(C)c(-n2n3n2CC3)n1. The molecule has 0 N–H and O–H groups in total. The van der Waals surface area contributed by atoms with Crippen molar-refractivity contribution in [3.63, 3.8) is 0 Å². The molecule has 0 unspecified atom stereocenters. The van der Waals surface area contributed by atoms with Gasteiger partial charge in [0.2, 0.25) is 5.88 Å². The first-order valence-electron chi connectivity index (χ1n) is 4.68. The summed E-state index contributed by atoms with van der Waals surface area (Å²) < 4.78 is 5.10. The lowest BCUT2D eigenvalue weighted by molar-refractivity contribution is 0.397. The number of pyridine rings is 1. The number of hydrogen-bond donors (Lipinski definition) is 0. The minimum atomic E-state index is 0.666. The third-order valence-corrected chi connectivity index (χ3v) is 2.62. The van der Waals surface area contributed by atoms with Gasteiger partial charge in [0.25, 0.3) is 0 Å². The van der Waals surface area contributed by atoms with E-state index in [-0.39, 0.29) is 0 Å². The number of ether oxygens (including phenoxy) is 1. The summed E-state index contributed by atoms with van der Waals surface area (Å²) in [5.74, 6) is 1.64. The lowest BCUT2D eigenvalue weighted by Crippen LogP contribution is -2.10. The van der Waals surface area contributed by atoms with Crippen LogP contribution in [-0.4, -0.2) is 26.5 Å². The van der Waals surface area contributed by atoms with E-state index in [0.717, 1.165) is 18.9 Å². The lowest BCUT2D eigenvalue weighted by Gasteiger charge is -2.02. The second-order valence-corrected chi connectivity index (χ2v) is 3.48. The van der Waals surface area contributed by atoms with Crippen LogP contribution in [0.3, 0.4) is 0 Å². The van der Waals surface area contributed by atoms with Crippen LogP contribution in [0.4, 0.5) is 0 Å². The summed E-state index contributed by atoms with van der Waals surface area (Å²) in [6.07, 6.45) is 0. The van der Waals surface area contributed by atoms with E-state index in [1.54, 1.807) is 7.11 Å². The molecule has 3 rings (SSSR count). The van der Waals surface area contributed by atoms with E-state index in [0.29, 0.717) is 5.88 Å². The van der Waals surface area contributed by atoms with Gasteiger partial charge in [-0.2, -0.15) is 14.6 Å². The molecular formula is C9H12N4O. The van der Waals surface area contributed by atoms with E-state index in [2.05, 4.69) is 26.3 Å². The van der Waals surface area contributed by atoms with Crippen molar-refractivity contribution in [2.45, 2.75) is 20.0 Å². The Hall–Kier alpha value is -1.65. The Kier molecular flexibility index (Phi) is 1.34. The molecule has 1 aliphatic heterocycles. The molecular weight excluding hydrogens is 180 g/mol. The summed E-state index contributed by atoms with van der Waals surface area (Å²) in [5, 5.41) is 0. The largest absolute Gasteiger partial charge is 0.481 e. The summed E-state index contributed by atoms with van der Waals surface area (Å²) >= 11 is 0. The van der Waals surface area contributed by atoms with E-state index in [4.69, 9.17) is 4.74 Å². The van der Waals surface area contributed by atoms with Gasteiger partial charge in [-0.3, -0.25) is 0 Å². The fourth-order valence-electron chi connectivity index (χ4n) is 1.69. The molecule has 0 amide bonds. The van der Waals surface area contributed by atoms with Crippen molar-refractivity contribution in [2.24, 2.45) is 0 Å². The summed E-state index contributed by atoms with van der Waals surface area (Å²) in [5.41, 5.74) is 1.17. The van der Waals surface area contributed by atoms with Crippen molar-refractivity contribution in [1.29, 1.82) is 0 Å². The molecule has 0 saturated heterocycles. The summed E-state index contributed by atoms with van der Waals surface area (Å²) in [6.45, 7) is 4.25. The van der Waals surface area contributed by atoms with Crippen molar-refractivity contribution in [3.8, 4) is 11.7 Å². The van der Waals surface area contributed by atoms with Crippen molar-refractivity contribution in [3.05, 3.63) is 17.7 Å². The van der Waals surface area contributed by atoms with E-state index in [1.165, 1.54) is 5.56 Å². The van der Waals surface area contributed by atoms with Gasteiger partial charge in [-0.1, -0.05) is 6.07 Å². The first-order chi connectivity index (χ1) is 6.81. The number of methoxy groups -OCH3 is 1. The maximum Gasteiger partial charge on any atom is 0.215 e. The molecule has 0 saturated carbocycles.